The second kappa shape index (κ2) is 9.03. The molecule has 0 unspecified atom stereocenters. The summed E-state index contributed by atoms with van der Waals surface area (Å²) in [6.07, 6.45) is 0. The Morgan fingerprint density at radius 2 is 2.00 bits per heavy atom. The van der Waals surface area contributed by atoms with Crippen molar-refractivity contribution < 1.29 is 28.3 Å². The van der Waals surface area contributed by atoms with Gasteiger partial charge in [0.25, 0.3) is 11.6 Å². The first kappa shape index (κ1) is 20.8. The van der Waals surface area contributed by atoms with Crippen LogP contribution in [0.1, 0.15) is 28.7 Å². The molecular weight excluding hydrogens is 394 g/mol. The number of hydrogen-bond donors (Lipinski definition) is 0. The number of rotatable bonds is 8. The lowest BCUT2D eigenvalue weighted by Crippen LogP contribution is -2.10. The highest BCUT2D eigenvalue weighted by Gasteiger charge is 2.26. The van der Waals surface area contributed by atoms with Crippen molar-refractivity contribution >= 4 is 11.7 Å². The molecule has 0 spiro atoms. The zero-order valence-corrected chi connectivity index (χ0v) is 16.6. The van der Waals surface area contributed by atoms with E-state index in [9.17, 15) is 14.9 Å². The van der Waals surface area contributed by atoms with Gasteiger partial charge >= 0.3 is 5.97 Å². The minimum absolute atomic E-state index is 0.0565. The van der Waals surface area contributed by atoms with Gasteiger partial charge in [0.2, 0.25) is 5.89 Å². The van der Waals surface area contributed by atoms with Gasteiger partial charge in [0.05, 0.1) is 24.7 Å². The largest absolute Gasteiger partial charge is 0.493 e. The van der Waals surface area contributed by atoms with Crippen LogP contribution in [0.5, 0.6) is 11.5 Å². The van der Waals surface area contributed by atoms with Crippen molar-refractivity contribution in [2.75, 3.05) is 13.7 Å². The fraction of sp³-hybridized carbons (Fsp3) is 0.250. The SMILES string of the molecule is CCOc1cc(C(=O)OCc2nnc(-c3cccc(C)c3)o2)c([N+](=O)[O-])cc1OC. The summed E-state index contributed by atoms with van der Waals surface area (Å²) in [5.74, 6) is -0.266. The average Bonchev–Trinajstić information content (AvgIpc) is 3.21. The molecule has 0 aliphatic carbocycles. The highest BCUT2D eigenvalue weighted by Crippen LogP contribution is 2.35. The molecule has 0 atom stereocenters. The molecule has 30 heavy (non-hydrogen) atoms. The van der Waals surface area contributed by atoms with E-state index in [-0.39, 0.29) is 42.1 Å². The van der Waals surface area contributed by atoms with E-state index in [1.807, 2.05) is 31.2 Å². The zero-order chi connectivity index (χ0) is 21.7. The maximum atomic E-state index is 12.5. The number of esters is 1. The molecule has 0 saturated carbocycles. The standard InChI is InChI=1S/C20H19N3O7/c1-4-28-17-9-14(15(23(25)26)10-16(17)27-3)20(24)29-11-18-21-22-19(30-18)13-7-5-6-12(2)8-13/h5-10H,4,11H2,1-3H3. The van der Waals surface area contributed by atoms with Crippen LogP contribution in [0.2, 0.25) is 0 Å². The molecule has 0 saturated heterocycles. The van der Waals surface area contributed by atoms with Gasteiger partial charge in [-0.1, -0.05) is 17.7 Å². The lowest BCUT2D eigenvalue weighted by molar-refractivity contribution is -0.385. The number of nitrogens with zero attached hydrogens (tertiary/aromatic N) is 3. The number of carbonyl (C=O) groups is 1. The predicted octanol–water partition coefficient (Wildman–Crippen LogP) is 3.72. The maximum Gasteiger partial charge on any atom is 0.345 e. The third-order valence-electron chi connectivity index (χ3n) is 4.06. The Morgan fingerprint density at radius 3 is 2.67 bits per heavy atom. The summed E-state index contributed by atoms with van der Waals surface area (Å²) in [5.41, 5.74) is 1.01. The number of benzene rings is 2. The van der Waals surface area contributed by atoms with Crippen LogP contribution in [0.4, 0.5) is 5.69 Å². The smallest absolute Gasteiger partial charge is 0.345 e. The molecule has 0 aliphatic heterocycles. The first-order valence-corrected chi connectivity index (χ1v) is 8.98. The van der Waals surface area contributed by atoms with Crippen LogP contribution in [0.3, 0.4) is 0 Å². The molecule has 3 rings (SSSR count). The molecular formula is C20H19N3O7. The van der Waals surface area contributed by atoms with Crippen molar-refractivity contribution in [1.82, 2.24) is 10.2 Å². The van der Waals surface area contributed by atoms with E-state index in [4.69, 9.17) is 18.6 Å². The van der Waals surface area contributed by atoms with E-state index in [1.54, 1.807) is 6.92 Å². The quantitative estimate of drug-likeness (QED) is 0.308. The van der Waals surface area contributed by atoms with Crippen LogP contribution in [0.15, 0.2) is 40.8 Å². The summed E-state index contributed by atoms with van der Waals surface area (Å²) >= 11 is 0. The Bertz CT molecular complexity index is 1080. The van der Waals surface area contributed by atoms with E-state index in [2.05, 4.69) is 10.2 Å². The van der Waals surface area contributed by atoms with Gasteiger partial charge in [0.1, 0.15) is 5.56 Å². The Labute approximate surface area is 171 Å². The van der Waals surface area contributed by atoms with E-state index in [0.717, 1.165) is 17.2 Å². The number of carbonyl (C=O) groups excluding carboxylic acids is 1. The monoisotopic (exact) mass is 413 g/mol. The summed E-state index contributed by atoms with van der Waals surface area (Å²) in [7, 11) is 1.35. The van der Waals surface area contributed by atoms with Gasteiger partial charge in [0, 0.05) is 11.6 Å². The van der Waals surface area contributed by atoms with Crippen LogP contribution < -0.4 is 9.47 Å². The first-order chi connectivity index (χ1) is 14.4. The minimum Gasteiger partial charge on any atom is -0.493 e. The van der Waals surface area contributed by atoms with Gasteiger partial charge in [-0.25, -0.2) is 4.79 Å². The first-order valence-electron chi connectivity index (χ1n) is 8.98. The number of ether oxygens (including phenoxy) is 3. The second-order valence-electron chi connectivity index (χ2n) is 6.16. The summed E-state index contributed by atoms with van der Waals surface area (Å²) in [6, 6.07) is 9.80. The summed E-state index contributed by atoms with van der Waals surface area (Å²) in [6.45, 7) is 3.61. The summed E-state index contributed by atoms with van der Waals surface area (Å²) < 4.78 is 21.1. The van der Waals surface area contributed by atoms with Gasteiger partial charge in [0.15, 0.2) is 18.1 Å². The van der Waals surface area contributed by atoms with Crippen LogP contribution in [0, 0.1) is 17.0 Å². The van der Waals surface area contributed by atoms with Crippen molar-refractivity contribution in [1.29, 1.82) is 0 Å². The van der Waals surface area contributed by atoms with Gasteiger partial charge < -0.3 is 18.6 Å². The lowest BCUT2D eigenvalue weighted by atomic mass is 10.1. The zero-order valence-electron chi connectivity index (χ0n) is 16.6. The fourth-order valence-electron chi connectivity index (χ4n) is 2.70. The van der Waals surface area contributed by atoms with Crippen molar-refractivity contribution in [3.05, 3.63) is 63.5 Å². The van der Waals surface area contributed by atoms with Gasteiger partial charge in [-0.05, 0) is 26.0 Å². The Kier molecular flexibility index (Phi) is 6.26. The molecule has 0 fully saturated rings. The molecule has 1 aromatic heterocycles. The van der Waals surface area contributed by atoms with E-state index < -0.39 is 16.6 Å². The number of nitro groups is 1. The van der Waals surface area contributed by atoms with Crippen LogP contribution >= 0.6 is 0 Å². The number of methoxy groups -OCH3 is 1. The maximum absolute atomic E-state index is 12.5. The van der Waals surface area contributed by atoms with Crippen LogP contribution in [-0.2, 0) is 11.3 Å². The second-order valence-corrected chi connectivity index (χ2v) is 6.16. The van der Waals surface area contributed by atoms with Crippen molar-refractivity contribution in [3.63, 3.8) is 0 Å². The molecule has 10 nitrogen and oxygen atoms in total. The topological polar surface area (TPSA) is 127 Å². The van der Waals surface area contributed by atoms with Gasteiger partial charge in [-0.15, -0.1) is 10.2 Å². The normalized spacial score (nSPS) is 10.5. The molecule has 0 aliphatic rings. The molecule has 1 heterocycles. The Hall–Kier alpha value is -3.95. The van der Waals surface area contributed by atoms with Crippen molar-refractivity contribution in [2.45, 2.75) is 20.5 Å². The molecule has 10 heteroatoms. The minimum atomic E-state index is -0.930. The summed E-state index contributed by atoms with van der Waals surface area (Å²) in [5, 5.41) is 19.2. The molecule has 156 valence electrons. The molecule has 3 aromatic rings. The third-order valence-corrected chi connectivity index (χ3v) is 4.06. The van der Waals surface area contributed by atoms with Crippen molar-refractivity contribution in [3.8, 4) is 23.0 Å². The third kappa shape index (κ3) is 4.54. The van der Waals surface area contributed by atoms with Crippen LogP contribution in [0.25, 0.3) is 11.5 Å². The van der Waals surface area contributed by atoms with Gasteiger partial charge in [-0.2, -0.15) is 0 Å². The molecule has 0 radical (unpaired) electrons. The average molecular weight is 413 g/mol. The molecule has 0 N–H and O–H groups in total. The number of nitro benzene ring substituents is 1. The fourth-order valence-corrected chi connectivity index (χ4v) is 2.70. The highest BCUT2D eigenvalue weighted by molar-refractivity contribution is 5.95. The molecule has 0 amide bonds. The Balaban J connectivity index is 1.79. The number of aryl methyl sites for hydroxylation is 1. The van der Waals surface area contributed by atoms with Crippen LogP contribution in [-0.4, -0.2) is 34.8 Å². The summed E-state index contributed by atoms with van der Waals surface area (Å²) in [4.78, 5) is 23.2. The predicted molar refractivity (Wildman–Crippen MR) is 104 cm³/mol. The van der Waals surface area contributed by atoms with Crippen molar-refractivity contribution in [2.24, 2.45) is 0 Å². The van der Waals surface area contributed by atoms with E-state index in [1.165, 1.54) is 13.2 Å². The highest BCUT2D eigenvalue weighted by atomic mass is 16.6. The molecule has 2 aromatic carbocycles. The number of hydrogen-bond acceptors (Lipinski definition) is 9. The van der Waals surface area contributed by atoms with E-state index >= 15 is 0 Å². The van der Waals surface area contributed by atoms with E-state index in [0.29, 0.717) is 0 Å². The number of aromatic nitrogens is 2. The lowest BCUT2D eigenvalue weighted by Gasteiger charge is -2.11. The molecule has 0 bridgehead atoms. The van der Waals surface area contributed by atoms with Gasteiger partial charge in [-0.3, -0.25) is 10.1 Å². The Morgan fingerprint density at radius 1 is 1.20 bits per heavy atom.